The molecule has 2 N–H and O–H groups in total. The first-order valence-corrected chi connectivity index (χ1v) is 13.7. The lowest BCUT2D eigenvalue weighted by Crippen LogP contribution is -2.47. The summed E-state index contributed by atoms with van der Waals surface area (Å²) < 4.78 is 25.3. The fourth-order valence-electron chi connectivity index (χ4n) is 4.34. The minimum atomic E-state index is -3.42. The monoisotopic (exact) mass is 484 g/mol. The second kappa shape index (κ2) is 11.2. The number of nitrogens with one attached hydrogen (secondary N) is 2. The van der Waals surface area contributed by atoms with E-state index in [0.29, 0.717) is 12.1 Å². The van der Waals surface area contributed by atoms with E-state index in [9.17, 15) is 18.0 Å². The predicted octanol–water partition coefficient (Wildman–Crippen LogP) is 4.75. The van der Waals surface area contributed by atoms with Crippen molar-refractivity contribution in [2.45, 2.75) is 70.2 Å². The normalized spacial score (nSPS) is 16.0. The molecule has 3 rings (SSSR count). The Morgan fingerprint density at radius 1 is 0.941 bits per heavy atom. The van der Waals surface area contributed by atoms with Crippen LogP contribution in [0.5, 0.6) is 0 Å². The van der Waals surface area contributed by atoms with Crippen LogP contribution >= 0.6 is 0 Å². The first kappa shape index (κ1) is 25.9. The maximum Gasteiger partial charge on any atom is 0.247 e. The van der Waals surface area contributed by atoms with Gasteiger partial charge in [-0.25, -0.2) is 8.42 Å². The molecule has 1 saturated carbocycles. The van der Waals surface area contributed by atoms with E-state index in [1.165, 1.54) is 12.1 Å². The van der Waals surface area contributed by atoms with E-state index in [1.807, 2.05) is 51.1 Å². The van der Waals surface area contributed by atoms with Gasteiger partial charge >= 0.3 is 0 Å². The van der Waals surface area contributed by atoms with Crippen LogP contribution in [0.25, 0.3) is 0 Å². The summed E-state index contributed by atoms with van der Waals surface area (Å²) in [5, 5.41) is 5.82. The van der Waals surface area contributed by atoms with Gasteiger partial charge in [0.2, 0.25) is 11.8 Å². The van der Waals surface area contributed by atoms with Gasteiger partial charge in [-0.3, -0.25) is 9.59 Å². The average molecular weight is 485 g/mol. The average Bonchev–Trinajstić information content (AvgIpc) is 2.78. The third-order valence-electron chi connectivity index (χ3n) is 6.00. The van der Waals surface area contributed by atoms with Crippen molar-refractivity contribution in [2.75, 3.05) is 11.1 Å². The molecule has 0 spiro atoms. The molecule has 0 radical (unpaired) electrons. The van der Waals surface area contributed by atoms with Crippen molar-refractivity contribution in [1.82, 2.24) is 5.32 Å². The molecule has 2 aromatic rings. The first-order valence-electron chi connectivity index (χ1n) is 12.0. The van der Waals surface area contributed by atoms with Crippen molar-refractivity contribution in [3.8, 4) is 0 Å². The minimum Gasteiger partial charge on any atom is -0.344 e. The van der Waals surface area contributed by atoms with Crippen molar-refractivity contribution in [1.29, 1.82) is 0 Å². The lowest BCUT2D eigenvalue weighted by molar-refractivity contribution is -0.130. The molecule has 2 amide bonds. The van der Waals surface area contributed by atoms with Gasteiger partial charge in [0.25, 0.3) is 0 Å². The zero-order valence-corrected chi connectivity index (χ0v) is 21.2. The first-order chi connectivity index (χ1) is 16.0. The second-order valence-corrected chi connectivity index (χ2v) is 12.4. The van der Waals surface area contributed by atoms with Gasteiger partial charge in [0, 0.05) is 18.0 Å². The molecule has 7 heteroatoms. The molecule has 0 heterocycles. The Kier molecular flexibility index (Phi) is 8.52. The molecule has 0 saturated heterocycles. The Hall–Kier alpha value is -2.67. The number of sulfone groups is 1. The Balaban J connectivity index is 1.72. The van der Waals surface area contributed by atoms with Crippen LogP contribution in [0.2, 0.25) is 0 Å². The Labute approximate surface area is 203 Å². The predicted molar refractivity (Wildman–Crippen MR) is 135 cm³/mol. The number of carbonyl (C=O) groups excluding carboxylic acids is 2. The molecule has 0 bridgehead atoms. The van der Waals surface area contributed by atoms with Crippen molar-refractivity contribution in [2.24, 2.45) is 11.3 Å². The summed E-state index contributed by atoms with van der Waals surface area (Å²) in [5.74, 6) is -0.400. The van der Waals surface area contributed by atoms with Gasteiger partial charge in [0.15, 0.2) is 9.84 Å². The number of benzene rings is 2. The molecule has 1 atom stereocenters. The Bertz CT molecular complexity index is 1070. The lowest BCUT2D eigenvalue weighted by atomic mass is 9.88. The second-order valence-electron chi connectivity index (χ2n) is 10.4. The van der Waals surface area contributed by atoms with Gasteiger partial charge in [-0.2, -0.15) is 0 Å². The summed E-state index contributed by atoms with van der Waals surface area (Å²) in [6, 6.07) is 15.1. The van der Waals surface area contributed by atoms with Gasteiger partial charge < -0.3 is 10.6 Å². The molecule has 1 aliphatic carbocycles. The van der Waals surface area contributed by atoms with E-state index < -0.39 is 15.9 Å². The molecule has 1 fully saturated rings. The van der Waals surface area contributed by atoms with E-state index in [-0.39, 0.29) is 33.8 Å². The van der Waals surface area contributed by atoms with Crippen molar-refractivity contribution < 1.29 is 18.0 Å². The third-order valence-corrected chi connectivity index (χ3v) is 8.23. The Morgan fingerprint density at radius 2 is 1.56 bits per heavy atom. The molecule has 1 aliphatic rings. The molecular weight excluding hydrogens is 448 g/mol. The van der Waals surface area contributed by atoms with Crippen LogP contribution in [0, 0.1) is 11.3 Å². The fraction of sp³-hybridized carbons (Fsp3) is 0.481. The largest absolute Gasteiger partial charge is 0.344 e. The standard InChI is InChI=1S/C27H36N2O4S/c1-27(2,3)19-34(32,33)23-16-14-22(15-17-23)28-26(31)24(18-20-10-6-4-7-11-20)29-25(30)21-12-8-5-9-13-21/h4,6-7,10-11,14-17,21,24H,5,8-9,12-13,18-19H2,1-3H3,(H,28,31)(H,29,30)/t24-/m1/s1. The zero-order chi connectivity index (χ0) is 24.8. The SMILES string of the molecule is CC(C)(C)CS(=O)(=O)c1ccc(NC(=O)[C@@H](Cc2ccccc2)NC(=O)C2CCCCC2)cc1. The van der Waals surface area contributed by atoms with Crippen molar-refractivity contribution >= 4 is 27.3 Å². The van der Waals surface area contributed by atoms with Crippen LogP contribution in [0.1, 0.15) is 58.4 Å². The highest BCUT2D eigenvalue weighted by Gasteiger charge is 2.27. The molecule has 184 valence electrons. The zero-order valence-electron chi connectivity index (χ0n) is 20.3. The number of hydrogen-bond acceptors (Lipinski definition) is 4. The smallest absolute Gasteiger partial charge is 0.247 e. The van der Waals surface area contributed by atoms with Crippen LogP contribution in [0.3, 0.4) is 0 Å². The van der Waals surface area contributed by atoms with E-state index in [1.54, 1.807) is 12.1 Å². The van der Waals surface area contributed by atoms with Crippen molar-refractivity contribution in [3.63, 3.8) is 0 Å². The number of anilines is 1. The highest BCUT2D eigenvalue weighted by molar-refractivity contribution is 7.91. The number of amides is 2. The van der Waals surface area contributed by atoms with Gasteiger partial charge in [-0.15, -0.1) is 0 Å². The summed E-state index contributed by atoms with van der Waals surface area (Å²) in [7, 11) is -3.42. The van der Waals surface area contributed by atoms with Gasteiger partial charge in [-0.05, 0) is 48.1 Å². The molecule has 0 unspecified atom stereocenters. The Morgan fingerprint density at radius 3 is 2.15 bits per heavy atom. The van der Waals surface area contributed by atoms with Gasteiger partial charge in [-0.1, -0.05) is 70.4 Å². The topological polar surface area (TPSA) is 92.3 Å². The molecule has 34 heavy (non-hydrogen) atoms. The summed E-state index contributed by atoms with van der Waals surface area (Å²) in [6.45, 7) is 5.65. The molecule has 2 aromatic carbocycles. The van der Waals surface area contributed by atoms with E-state index in [0.717, 1.165) is 37.7 Å². The highest BCUT2D eigenvalue weighted by Crippen LogP contribution is 2.25. The van der Waals surface area contributed by atoms with Crippen LogP contribution in [0.4, 0.5) is 5.69 Å². The molecule has 6 nitrogen and oxygen atoms in total. The van der Waals surface area contributed by atoms with Crippen LogP contribution in [0.15, 0.2) is 59.5 Å². The molecule has 0 aromatic heterocycles. The summed E-state index contributed by atoms with van der Waals surface area (Å²) in [5.41, 5.74) is 1.09. The number of rotatable bonds is 8. The van der Waals surface area contributed by atoms with Crippen LogP contribution in [-0.4, -0.2) is 32.0 Å². The maximum absolute atomic E-state index is 13.2. The number of hydrogen-bond donors (Lipinski definition) is 2. The molecular formula is C27H36N2O4S. The van der Waals surface area contributed by atoms with Crippen LogP contribution < -0.4 is 10.6 Å². The van der Waals surface area contributed by atoms with E-state index >= 15 is 0 Å². The van der Waals surface area contributed by atoms with Gasteiger partial charge in [0.05, 0.1) is 10.6 Å². The third kappa shape index (κ3) is 7.69. The quantitative estimate of drug-likeness (QED) is 0.565. The lowest BCUT2D eigenvalue weighted by Gasteiger charge is -2.25. The van der Waals surface area contributed by atoms with E-state index in [2.05, 4.69) is 10.6 Å². The minimum absolute atomic E-state index is 0.0397. The van der Waals surface area contributed by atoms with Gasteiger partial charge in [0.1, 0.15) is 6.04 Å². The number of carbonyl (C=O) groups is 2. The van der Waals surface area contributed by atoms with Crippen molar-refractivity contribution in [3.05, 3.63) is 60.2 Å². The summed E-state index contributed by atoms with van der Waals surface area (Å²) >= 11 is 0. The maximum atomic E-state index is 13.2. The fourth-order valence-corrected chi connectivity index (χ4v) is 6.20. The summed E-state index contributed by atoms with van der Waals surface area (Å²) in [6.07, 6.45) is 5.32. The molecule has 0 aliphatic heterocycles. The highest BCUT2D eigenvalue weighted by atomic mass is 32.2. The van der Waals surface area contributed by atoms with E-state index in [4.69, 9.17) is 0 Å². The van der Waals surface area contributed by atoms with Crippen LogP contribution in [-0.2, 0) is 25.8 Å². The summed E-state index contributed by atoms with van der Waals surface area (Å²) in [4.78, 5) is 26.3.